The number of nitrogens with two attached hydrogens (primary N) is 1. The predicted octanol–water partition coefficient (Wildman–Crippen LogP) is -1.33. The first-order valence-electron chi connectivity index (χ1n) is 5.09. The topological polar surface area (TPSA) is 148 Å². The van der Waals surface area contributed by atoms with Gasteiger partial charge in [0.1, 0.15) is 6.04 Å². The molecule has 0 fully saturated rings. The summed E-state index contributed by atoms with van der Waals surface area (Å²) < 4.78 is 0. The van der Waals surface area contributed by atoms with Crippen LogP contribution < -0.4 is 16.6 Å². The van der Waals surface area contributed by atoms with Gasteiger partial charge in [-0.15, -0.1) is 12.4 Å². The second kappa shape index (κ2) is 7.64. The summed E-state index contributed by atoms with van der Waals surface area (Å²) in [6.45, 7) is -0.484. The van der Waals surface area contributed by atoms with Gasteiger partial charge in [0.25, 0.3) is 5.91 Å². The Labute approximate surface area is 115 Å². The smallest absolute Gasteiger partial charge is 0.253 e. The van der Waals surface area contributed by atoms with Crippen LogP contribution in [0.4, 0.5) is 0 Å². The maximum Gasteiger partial charge on any atom is 0.253 e. The minimum atomic E-state index is -1.04. The third-order valence-electron chi connectivity index (χ3n) is 2.24. The van der Waals surface area contributed by atoms with Crippen molar-refractivity contribution in [3.63, 3.8) is 0 Å². The Morgan fingerprint density at radius 1 is 1.26 bits per heavy atom. The van der Waals surface area contributed by atoms with E-state index in [2.05, 4.69) is 10.9 Å². The number of benzene rings is 1. The fraction of sp³-hybridized carbons (Fsp3) is 0.300. The molecule has 8 nitrogen and oxygen atoms in total. The Hall–Kier alpha value is -1.74. The van der Waals surface area contributed by atoms with E-state index in [4.69, 9.17) is 15.9 Å². The highest BCUT2D eigenvalue weighted by Crippen LogP contribution is 2.36. The summed E-state index contributed by atoms with van der Waals surface area (Å²) in [5, 5.41) is 36.4. The van der Waals surface area contributed by atoms with Crippen LogP contribution in [-0.2, 0) is 11.3 Å². The number of aliphatic hydroxyl groups is 1. The van der Waals surface area contributed by atoms with Crippen molar-refractivity contribution in [2.24, 2.45) is 5.73 Å². The van der Waals surface area contributed by atoms with Crippen molar-refractivity contribution in [1.82, 2.24) is 10.9 Å². The number of aliphatic hydroxyl groups excluding tert-OH is 1. The zero-order valence-corrected chi connectivity index (χ0v) is 10.6. The number of carbonyl (C=O) groups is 1. The van der Waals surface area contributed by atoms with E-state index in [1.807, 2.05) is 0 Å². The van der Waals surface area contributed by atoms with Crippen LogP contribution in [0.5, 0.6) is 17.2 Å². The van der Waals surface area contributed by atoms with E-state index in [-0.39, 0.29) is 24.5 Å². The third kappa shape index (κ3) is 4.45. The second-order valence-corrected chi connectivity index (χ2v) is 3.57. The number of halogens is 1. The molecule has 19 heavy (non-hydrogen) atoms. The number of carbonyl (C=O) groups excluding carboxylic acids is 1. The molecule has 1 aromatic rings. The van der Waals surface area contributed by atoms with E-state index in [0.717, 1.165) is 0 Å². The highest BCUT2D eigenvalue weighted by molar-refractivity contribution is 5.85. The van der Waals surface area contributed by atoms with Gasteiger partial charge in [0.05, 0.1) is 6.61 Å². The van der Waals surface area contributed by atoms with E-state index in [1.54, 1.807) is 0 Å². The van der Waals surface area contributed by atoms with Gasteiger partial charge in [-0.05, 0) is 6.07 Å². The molecule has 0 heterocycles. The van der Waals surface area contributed by atoms with Crippen LogP contribution >= 0.6 is 12.4 Å². The number of amides is 1. The number of hydrazine groups is 1. The first-order chi connectivity index (χ1) is 8.47. The molecular formula is C10H16ClN3O5. The Kier molecular flexibility index (Phi) is 6.94. The molecule has 0 bridgehead atoms. The minimum Gasteiger partial charge on any atom is -0.504 e. The first-order valence-corrected chi connectivity index (χ1v) is 5.09. The van der Waals surface area contributed by atoms with Crippen LogP contribution in [-0.4, -0.2) is 39.0 Å². The number of nitrogens with one attached hydrogen (secondary N) is 2. The molecule has 0 radical (unpaired) electrons. The standard InChI is InChI=1S/C10H15N3O5.ClH/c11-6(4-14)10(18)13-12-3-5-1-2-7(15)9(17)8(5)16;/h1-2,6,12,14-17H,3-4,11H2,(H,13,18);1H/t6-;/m0./s1. The molecular weight excluding hydrogens is 278 g/mol. The Morgan fingerprint density at radius 2 is 1.89 bits per heavy atom. The highest BCUT2D eigenvalue weighted by atomic mass is 35.5. The zero-order valence-electron chi connectivity index (χ0n) is 9.83. The summed E-state index contributed by atoms with van der Waals surface area (Å²) in [4.78, 5) is 11.2. The number of aromatic hydroxyl groups is 3. The zero-order chi connectivity index (χ0) is 13.7. The van der Waals surface area contributed by atoms with Crippen LogP contribution in [0.1, 0.15) is 5.56 Å². The van der Waals surface area contributed by atoms with Crippen molar-refractivity contribution in [2.45, 2.75) is 12.6 Å². The summed E-state index contributed by atoms with van der Waals surface area (Å²) in [7, 11) is 0. The average Bonchev–Trinajstić information content (AvgIpc) is 2.37. The lowest BCUT2D eigenvalue weighted by atomic mass is 10.2. The van der Waals surface area contributed by atoms with Gasteiger partial charge in [-0.3, -0.25) is 10.2 Å². The monoisotopic (exact) mass is 293 g/mol. The number of rotatable bonds is 5. The van der Waals surface area contributed by atoms with E-state index < -0.39 is 35.8 Å². The molecule has 1 aromatic carbocycles. The van der Waals surface area contributed by atoms with E-state index in [0.29, 0.717) is 0 Å². The molecule has 0 saturated heterocycles. The maximum atomic E-state index is 11.2. The summed E-state index contributed by atoms with van der Waals surface area (Å²) >= 11 is 0. The van der Waals surface area contributed by atoms with E-state index in [9.17, 15) is 15.0 Å². The molecule has 1 atom stereocenters. The second-order valence-electron chi connectivity index (χ2n) is 3.57. The molecule has 0 spiro atoms. The summed E-state index contributed by atoms with van der Waals surface area (Å²) in [5.74, 6) is -2.17. The lowest BCUT2D eigenvalue weighted by molar-refractivity contribution is -0.124. The largest absolute Gasteiger partial charge is 0.504 e. The Bertz CT molecular complexity index is 443. The van der Waals surface area contributed by atoms with Crippen LogP contribution in [0.25, 0.3) is 0 Å². The number of phenols is 3. The van der Waals surface area contributed by atoms with Gasteiger partial charge in [-0.25, -0.2) is 5.43 Å². The summed E-state index contributed by atoms with van der Waals surface area (Å²) in [6, 6.07) is 1.53. The Balaban J connectivity index is 0.00000324. The number of hydrogen-bond donors (Lipinski definition) is 7. The van der Waals surface area contributed by atoms with Crippen molar-refractivity contribution in [3.05, 3.63) is 17.7 Å². The SMILES string of the molecule is Cl.N[C@@H](CO)C(=O)NNCc1ccc(O)c(O)c1O. The first kappa shape index (κ1) is 17.3. The molecule has 0 aliphatic rings. The molecule has 0 unspecified atom stereocenters. The van der Waals surface area contributed by atoms with Gasteiger partial charge in [-0.2, -0.15) is 0 Å². The molecule has 0 aliphatic carbocycles. The van der Waals surface area contributed by atoms with Crippen LogP contribution in [0, 0.1) is 0 Å². The third-order valence-corrected chi connectivity index (χ3v) is 2.24. The van der Waals surface area contributed by atoms with Crippen LogP contribution in [0.15, 0.2) is 12.1 Å². The average molecular weight is 294 g/mol. The fourth-order valence-corrected chi connectivity index (χ4v) is 1.16. The van der Waals surface area contributed by atoms with Crippen molar-refractivity contribution in [2.75, 3.05) is 6.61 Å². The highest BCUT2D eigenvalue weighted by Gasteiger charge is 2.13. The van der Waals surface area contributed by atoms with E-state index in [1.165, 1.54) is 12.1 Å². The van der Waals surface area contributed by atoms with Gasteiger partial charge >= 0.3 is 0 Å². The molecule has 108 valence electrons. The van der Waals surface area contributed by atoms with Gasteiger partial charge in [0, 0.05) is 12.1 Å². The number of hydrogen-bond acceptors (Lipinski definition) is 7. The fourth-order valence-electron chi connectivity index (χ4n) is 1.16. The van der Waals surface area contributed by atoms with Crippen molar-refractivity contribution in [3.8, 4) is 17.2 Å². The van der Waals surface area contributed by atoms with Crippen LogP contribution in [0.2, 0.25) is 0 Å². The van der Waals surface area contributed by atoms with E-state index >= 15 is 0 Å². The van der Waals surface area contributed by atoms with Crippen molar-refractivity contribution < 1.29 is 25.2 Å². The number of phenolic OH excluding ortho intramolecular Hbond substituents is 3. The Morgan fingerprint density at radius 3 is 2.47 bits per heavy atom. The molecule has 8 N–H and O–H groups in total. The van der Waals surface area contributed by atoms with Gasteiger partial charge in [-0.1, -0.05) is 6.07 Å². The normalized spacial score (nSPS) is 11.5. The van der Waals surface area contributed by atoms with Crippen molar-refractivity contribution in [1.29, 1.82) is 0 Å². The summed E-state index contributed by atoms with van der Waals surface area (Å²) in [6.07, 6.45) is 0. The molecule has 0 aromatic heterocycles. The van der Waals surface area contributed by atoms with Gasteiger partial charge in [0.15, 0.2) is 11.5 Å². The minimum absolute atomic E-state index is 0. The molecule has 0 saturated carbocycles. The molecule has 9 heteroatoms. The summed E-state index contributed by atoms with van der Waals surface area (Å²) in [5.41, 5.74) is 10.2. The quantitative estimate of drug-likeness (QED) is 0.263. The molecule has 1 rings (SSSR count). The molecule has 0 aliphatic heterocycles. The maximum absolute atomic E-state index is 11.2. The van der Waals surface area contributed by atoms with Crippen LogP contribution in [0.3, 0.4) is 0 Å². The lowest BCUT2D eigenvalue weighted by Gasteiger charge is -2.12. The molecule has 1 amide bonds. The predicted molar refractivity (Wildman–Crippen MR) is 68.7 cm³/mol. The van der Waals surface area contributed by atoms with Gasteiger partial charge in [0.2, 0.25) is 5.75 Å². The van der Waals surface area contributed by atoms with Gasteiger partial charge < -0.3 is 26.2 Å². The lowest BCUT2D eigenvalue weighted by Crippen LogP contribution is -2.48. The van der Waals surface area contributed by atoms with Crippen molar-refractivity contribution >= 4 is 18.3 Å².